The summed E-state index contributed by atoms with van der Waals surface area (Å²) in [7, 11) is 0. The van der Waals surface area contributed by atoms with Gasteiger partial charge in [0.1, 0.15) is 0 Å². The van der Waals surface area contributed by atoms with Crippen LogP contribution < -0.4 is 0 Å². The molecule has 29 heavy (non-hydrogen) atoms. The average molecular weight is 381 g/mol. The second-order valence-electron chi connectivity index (χ2n) is 6.85. The third-order valence-electron chi connectivity index (χ3n) is 4.64. The topological polar surface area (TPSA) is 64.8 Å². The molecule has 0 saturated heterocycles. The first-order valence-electron chi connectivity index (χ1n) is 9.27. The van der Waals surface area contributed by atoms with Crippen LogP contribution in [0, 0.1) is 13.8 Å². The fraction of sp³-hybridized carbons (Fsp3) is 0.0833. The summed E-state index contributed by atoms with van der Waals surface area (Å²) in [6.45, 7) is 3.68. The zero-order valence-corrected chi connectivity index (χ0v) is 16.2. The molecular formula is C24H19N3O2. The van der Waals surface area contributed by atoms with Gasteiger partial charge < -0.3 is 0 Å². The minimum absolute atomic E-state index is 0.148. The third kappa shape index (κ3) is 3.89. The minimum Gasteiger partial charge on any atom is -0.289 e. The van der Waals surface area contributed by atoms with Crippen LogP contribution in [0.25, 0.3) is 17.0 Å². The molecule has 142 valence electrons. The van der Waals surface area contributed by atoms with Crippen LogP contribution in [0.4, 0.5) is 0 Å². The molecule has 0 aliphatic carbocycles. The van der Waals surface area contributed by atoms with Crippen molar-refractivity contribution in [3.63, 3.8) is 0 Å². The van der Waals surface area contributed by atoms with Crippen LogP contribution in [0.3, 0.4) is 0 Å². The van der Waals surface area contributed by atoms with Crippen LogP contribution in [-0.2, 0) is 0 Å². The molecule has 0 saturated carbocycles. The maximum atomic E-state index is 12.6. The van der Waals surface area contributed by atoms with E-state index in [4.69, 9.17) is 0 Å². The Morgan fingerprint density at radius 3 is 2.34 bits per heavy atom. The summed E-state index contributed by atoms with van der Waals surface area (Å²) in [6.07, 6.45) is 3.19. The van der Waals surface area contributed by atoms with E-state index in [-0.39, 0.29) is 11.7 Å². The van der Waals surface area contributed by atoms with E-state index in [1.807, 2.05) is 56.3 Å². The van der Waals surface area contributed by atoms with Gasteiger partial charge in [-0.2, -0.15) is 5.10 Å². The average Bonchev–Trinajstić information content (AvgIpc) is 3.09. The number of hydrogen-bond acceptors (Lipinski definition) is 4. The summed E-state index contributed by atoms with van der Waals surface area (Å²) >= 11 is 0. The van der Waals surface area contributed by atoms with Crippen molar-refractivity contribution in [3.8, 4) is 0 Å². The van der Waals surface area contributed by atoms with Crippen LogP contribution in [0.1, 0.15) is 37.8 Å². The predicted molar refractivity (Wildman–Crippen MR) is 113 cm³/mol. The molecule has 0 atom stereocenters. The summed E-state index contributed by atoms with van der Waals surface area (Å²) in [5.74, 6) is -0.365. The summed E-state index contributed by atoms with van der Waals surface area (Å²) in [5, 5.41) is 5.27. The van der Waals surface area contributed by atoms with Crippen molar-refractivity contribution < 1.29 is 9.59 Å². The van der Waals surface area contributed by atoms with E-state index in [1.54, 1.807) is 30.3 Å². The molecule has 0 bridgehead atoms. The van der Waals surface area contributed by atoms with Gasteiger partial charge in [-0.05, 0) is 56.3 Å². The molecule has 5 heteroatoms. The SMILES string of the molecule is Cc1cc(C)n(C(=O)c2ccc(C(=O)C=Cc3ccc4ccccc4n3)cc2)n1. The molecule has 2 aromatic heterocycles. The number of aryl methyl sites for hydroxylation is 2. The Labute approximate surface area is 168 Å². The Balaban J connectivity index is 1.50. The van der Waals surface area contributed by atoms with E-state index in [2.05, 4.69) is 10.1 Å². The Morgan fingerprint density at radius 2 is 1.62 bits per heavy atom. The third-order valence-corrected chi connectivity index (χ3v) is 4.64. The highest BCUT2D eigenvalue weighted by Gasteiger charge is 2.13. The second-order valence-corrected chi connectivity index (χ2v) is 6.85. The highest BCUT2D eigenvalue weighted by molar-refractivity contribution is 6.07. The fourth-order valence-corrected chi connectivity index (χ4v) is 3.17. The van der Waals surface area contributed by atoms with Gasteiger partial charge in [-0.15, -0.1) is 0 Å². The van der Waals surface area contributed by atoms with Crippen molar-refractivity contribution in [3.05, 3.63) is 101 Å². The van der Waals surface area contributed by atoms with E-state index < -0.39 is 0 Å². The minimum atomic E-state index is -0.217. The lowest BCUT2D eigenvalue weighted by atomic mass is 10.1. The van der Waals surface area contributed by atoms with Gasteiger partial charge in [0.05, 0.1) is 16.9 Å². The summed E-state index contributed by atoms with van der Waals surface area (Å²) in [4.78, 5) is 29.6. The number of nitrogens with zero attached hydrogens (tertiary/aromatic N) is 3. The number of fused-ring (bicyclic) bond motifs is 1. The van der Waals surface area contributed by atoms with E-state index in [0.29, 0.717) is 16.8 Å². The van der Waals surface area contributed by atoms with Crippen molar-refractivity contribution >= 4 is 28.7 Å². The maximum absolute atomic E-state index is 12.6. The van der Waals surface area contributed by atoms with Crippen molar-refractivity contribution in [1.82, 2.24) is 14.8 Å². The fourth-order valence-electron chi connectivity index (χ4n) is 3.17. The van der Waals surface area contributed by atoms with Crippen LogP contribution in [0.2, 0.25) is 0 Å². The Bertz CT molecular complexity index is 1250. The monoisotopic (exact) mass is 381 g/mol. The zero-order valence-electron chi connectivity index (χ0n) is 16.2. The van der Waals surface area contributed by atoms with Crippen LogP contribution >= 0.6 is 0 Å². The molecule has 0 fully saturated rings. The van der Waals surface area contributed by atoms with Gasteiger partial charge >= 0.3 is 0 Å². The van der Waals surface area contributed by atoms with Gasteiger partial charge in [-0.3, -0.25) is 9.59 Å². The molecule has 0 unspecified atom stereocenters. The molecule has 4 rings (SSSR count). The smallest absolute Gasteiger partial charge is 0.278 e. The number of rotatable bonds is 4. The zero-order chi connectivity index (χ0) is 20.4. The first-order chi connectivity index (χ1) is 14.0. The maximum Gasteiger partial charge on any atom is 0.278 e. The lowest BCUT2D eigenvalue weighted by molar-refractivity contribution is 0.0941. The molecular weight excluding hydrogens is 362 g/mol. The first kappa shape index (κ1) is 18.5. The Kier molecular flexibility index (Phi) is 4.87. The van der Waals surface area contributed by atoms with E-state index in [0.717, 1.165) is 22.3 Å². The van der Waals surface area contributed by atoms with Gasteiger partial charge in [0.15, 0.2) is 5.78 Å². The molecule has 0 amide bonds. The lowest BCUT2D eigenvalue weighted by Gasteiger charge is -2.04. The molecule has 0 aliphatic heterocycles. The number of para-hydroxylation sites is 1. The quantitative estimate of drug-likeness (QED) is 0.382. The van der Waals surface area contributed by atoms with E-state index >= 15 is 0 Å². The lowest BCUT2D eigenvalue weighted by Crippen LogP contribution is -2.15. The Hall–Kier alpha value is -3.86. The second kappa shape index (κ2) is 7.64. The molecule has 4 aromatic rings. The van der Waals surface area contributed by atoms with E-state index in [9.17, 15) is 9.59 Å². The number of carbonyl (C=O) groups excluding carboxylic acids is 2. The van der Waals surface area contributed by atoms with Gasteiger partial charge in [0.25, 0.3) is 5.91 Å². The van der Waals surface area contributed by atoms with Gasteiger partial charge in [0.2, 0.25) is 0 Å². The molecule has 2 aromatic carbocycles. The number of pyridine rings is 1. The highest BCUT2D eigenvalue weighted by Crippen LogP contribution is 2.14. The number of benzene rings is 2. The normalized spacial score (nSPS) is 11.2. The van der Waals surface area contributed by atoms with Crippen LogP contribution in [-0.4, -0.2) is 26.5 Å². The van der Waals surface area contributed by atoms with Gasteiger partial charge in [0, 0.05) is 22.2 Å². The number of allylic oxidation sites excluding steroid dienone is 1. The number of aromatic nitrogens is 3. The first-order valence-corrected chi connectivity index (χ1v) is 9.27. The molecule has 2 heterocycles. The highest BCUT2D eigenvalue weighted by atomic mass is 16.2. The van der Waals surface area contributed by atoms with Crippen LogP contribution in [0.15, 0.2) is 72.8 Å². The summed E-state index contributed by atoms with van der Waals surface area (Å²) in [5.41, 5.74) is 4.15. The Morgan fingerprint density at radius 1 is 0.897 bits per heavy atom. The summed E-state index contributed by atoms with van der Waals surface area (Å²) < 4.78 is 1.37. The predicted octanol–water partition coefficient (Wildman–Crippen LogP) is 4.63. The molecule has 0 N–H and O–H groups in total. The largest absolute Gasteiger partial charge is 0.289 e. The van der Waals surface area contributed by atoms with Crippen molar-refractivity contribution in [1.29, 1.82) is 0 Å². The number of ketones is 1. The van der Waals surface area contributed by atoms with Gasteiger partial charge in [-0.1, -0.05) is 36.4 Å². The summed E-state index contributed by atoms with van der Waals surface area (Å²) in [6, 6.07) is 20.1. The van der Waals surface area contributed by atoms with Crippen LogP contribution in [0.5, 0.6) is 0 Å². The molecule has 0 radical (unpaired) electrons. The van der Waals surface area contributed by atoms with Gasteiger partial charge in [-0.25, -0.2) is 9.67 Å². The van der Waals surface area contributed by atoms with Crippen molar-refractivity contribution in [2.75, 3.05) is 0 Å². The number of hydrogen-bond donors (Lipinski definition) is 0. The van der Waals surface area contributed by atoms with E-state index in [1.165, 1.54) is 10.8 Å². The number of carbonyl (C=O) groups is 2. The van der Waals surface area contributed by atoms with Crippen molar-refractivity contribution in [2.45, 2.75) is 13.8 Å². The van der Waals surface area contributed by atoms with Crippen molar-refractivity contribution in [2.24, 2.45) is 0 Å². The molecule has 0 aliphatic rings. The molecule has 5 nitrogen and oxygen atoms in total. The molecule has 0 spiro atoms. The standard InChI is InChI=1S/C24H19N3O2/c1-16-15-17(2)27(26-16)24(29)20-9-7-19(8-10-20)23(28)14-13-21-12-11-18-5-3-4-6-22(18)25-21/h3-15H,1-2H3.